The van der Waals surface area contributed by atoms with Crippen LogP contribution in [0, 0.1) is 11.3 Å². The lowest BCUT2D eigenvalue weighted by molar-refractivity contribution is 0.420. The Bertz CT molecular complexity index is 481. The van der Waals surface area contributed by atoms with Crippen LogP contribution in [0.3, 0.4) is 0 Å². The van der Waals surface area contributed by atoms with E-state index in [1.807, 2.05) is 17.5 Å². The van der Waals surface area contributed by atoms with Gasteiger partial charge in [-0.15, -0.1) is 11.3 Å². The predicted molar refractivity (Wildman–Crippen MR) is 53.1 cm³/mol. The summed E-state index contributed by atoms with van der Waals surface area (Å²) in [5.41, 5.74) is 0.714. The Kier molecular flexibility index (Phi) is 1.91. The number of fused-ring (bicyclic) bond motifs is 1. The van der Waals surface area contributed by atoms with Crippen molar-refractivity contribution in [2.75, 3.05) is 7.11 Å². The SMILES string of the molecule is COc1ccc(C#N)c2sccc12. The Balaban J connectivity index is 2.83. The zero-order valence-corrected chi connectivity index (χ0v) is 7.89. The lowest BCUT2D eigenvalue weighted by atomic mass is 10.1. The number of rotatable bonds is 1. The maximum absolute atomic E-state index is 8.83. The molecule has 0 amide bonds. The lowest BCUT2D eigenvalue weighted by Gasteiger charge is -2.01. The highest BCUT2D eigenvalue weighted by Gasteiger charge is 2.06. The average molecular weight is 189 g/mol. The van der Waals surface area contributed by atoms with E-state index in [0.29, 0.717) is 5.56 Å². The smallest absolute Gasteiger partial charge is 0.127 e. The van der Waals surface area contributed by atoms with E-state index >= 15 is 0 Å². The van der Waals surface area contributed by atoms with Gasteiger partial charge in [0.05, 0.1) is 17.4 Å². The van der Waals surface area contributed by atoms with Gasteiger partial charge in [0.25, 0.3) is 0 Å². The second-order valence-corrected chi connectivity index (χ2v) is 3.51. The van der Waals surface area contributed by atoms with Gasteiger partial charge in [-0.05, 0) is 23.6 Å². The van der Waals surface area contributed by atoms with E-state index in [1.54, 1.807) is 24.5 Å². The van der Waals surface area contributed by atoms with Gasteiger partial charge < -0.3 is 4.74 Å². The number of methoxy groups -OCH3 is 1. The van der Waals surface area contributed by atoms with E-state index in [9.17, 15) is 0 Å². The van der Waals surface area contributed by atoms with Gasteiger partial charge in [0.15, 0.2) is 0 Å². The first-order valence-corrected chi connectivity index (χ1v) is 4.69. The predicted octanol–water partition coefficient (Wildman–Crippen LogP) is 2.78. The van der Waals surface area contributed by atoms with Crippen LogP contribution < -0.4 is 4.74 Å². The van der Waals surface area contributed by atoms with Crippen molar-refractivity contribution >= 4 is 21.4 Å². The minimum absolute atomic E-state index is 0.714. The van der Waals surface area contributed by atoms with E-state index in [2.05, 4.69) is 6.07 Å². The molecule has 0 unspecified atom stereocenters. The first-order valence-electron chi connectivity index (χ1n) is 3.81. The molecule has 0 saturated heterocycles. The summed E-state index contributed by atoms with van der Waals surface area (Å²) < 4.78 is 6.18. The molecule has 1 aromatic carbocycles. The van der Waals surface area contributed by atoms with Crippen LogP contribution in [-0.2, 0) is 0 Å². The molecular weight excluding hydrogens is 182 g/mol. The third-order valence-electron chi connectivity index (χ3n) is 1.92. The molecule has 2 rings (SSSR count). The number of benzene rings is 1. The summed E-state index contributed by atoms with van der Waals surface area (Å²) >= 11 is 1.57. The summed E-state index contributed by atoms with van der Waals surface area (Å²) in [6, 6.07) is 7.75. The van der Waals surface area contributed by atoms with Crippen molar-refractivity contribution in [3.05, 3.63) is 29.1 Å². The van der Waals surface area contributed by atoms with Gasteiger partial charge in [-0.2, -0.15) is 5.26 Å². The van der Waals surface area contributed by atoms with Gasteiger partial charge in [-0.3, -0.25) is 0 Å². The van der Waals surface area contributed by atoms with Crippen LogP contribution in [0.15, 0.2) is 23.6 Å². The third-order valence-corrected chi connectivity index (χ3v) is 2.86. The van der Waals surface area contributed by atoms with Crippen LogP contribution in [0.4, 0.5) is 0 Å². The molecule has 0 N–H and O–H groups in total. The molecule has 0 aliphatic heterocycles. The molecule has 1 aromatic heterocycles. The van der Waals surface area contributed by atoms with Crippen LogP contribution in [0.25, 0.3) is 10.1 Å². The Morgan fingerprint density at radius 3 is 2.92 bits per heavy atom. The van der Waals surface area contributed by atoms with Crippen molar-refractivity contribution in [3.8, 4) is 11.8 Å². The molecule has 1 heterocycles. The highest BCUT2D eigenvalue weighted by Crippen LogP contribution is 2.31. The molecule has 0 fully saturated rings. The second kappa shape index (κ2) is 3.08. The monoisotopic (exact) mass is 189 g/mol. The highest BCUT2D eigenvalue weighted by molar-refractivity contribution is 7.17. The molecule has 0 aliphatic rings. The summed E-state index contributed by atoms with van der Waals surface area (Å²) in [7, 11) is 1.64. The maximum Gasteiger partial charge on any atom is 0.127 e. The van der Waals surface area contributed by atoms with E-state index < -0.39 is 0 Å². The quantitative estimate of drug-likeness (QED) is 0.691. The zero-order chi connectivity index (χ0) is 9.26. The molecule has 0 aliphatic carbocycles. The Morgan fingerprint density at radius 2 is 2.23 bits per heavy atom. The Hall–Kier alpha value is -1.53. The van der Waals surface area contributed by atoms with Crippen LogP contribution in [-0.4, -0.2) is 7.11 Å². The fourth-order valence-corrected chi connectivity index (χ4v) is 2.18. The number of nitrogens with zero attached hydrogens (tertiary/aromatic N) is 1. The largest absolute Gasteiger partial charge is 0.496 e. The molecule has 2 nitrogen and oxygen atoms in total. The van der Waals surface area contributed by atoms with Crippen molar-refractivity contribution in [1.82, 2.24) is 0 Å². The molecule has 0 radical (unpaired) electrons. The van der Waals surface area contributed by atoms with Gasteiger partial charge >= 0.3 is 0 Å². The van der Waals surface area contributed by atoms with Crippen molar-refractivity contribution < 1.29 is 4.74 Å². The van der Waals surface area contributed by atoms with Crippen molar-refractivity contribution in [2.45, 2.75) is 0 Å². The number of thiophene rings is 1. The van der Waals surface area contributed by atoms with Crippen LogP contribution in [0.2, 0.25) is 0 Å². The standard InChI is InChI=1S/C10H7NOS/c1-12-9-3-2-7(6-11)10-8(9)4-5-13-10/h2-5H,1H3. The van der Waals surface area contributed by atoms with Gasteiger partial charge in [-0.25, -0.2) is 0 Å². The first kappa shape index (κ1) is 8.09. The molecule has 0 spiro atoms. The van der Waals surface area contributed by atoms with Crippen LogP contribution in [0.1, 0.15) is 5.56 Å². The molecule has 13 heavy (non-hydrogen) atoms. The minimum Gasteiger partial charge on any atom is -0.496 e. The van der Waals surface area contributed by atoms with E-state index in [4.69, 9.17) is 10.00 Å². The molecule has 3 heteroatoms. The first-order chi connectivity index (χ1) is 6.36. The number of ether oxygens (including phenoxy) is 1. The fourth-order valence-electron chi connectivity index (χ4n) is 1.30. The fraction of sp³-hybridized carbons (Fsp3) is 0.100. The van der Waals surface area contributed by atoms with E-state index in [-0.39, 0.29) is 0 Å². The molecular formula is C10H7NOS. The topological polar surface area (TPSA) is 33.0 Å². The second-order valence-electron chi connectivity index (χ2n) is 2.59. The van der Waals surface area contributed by atoms with Crippen molar-refractivity contribution in [3.63, 3.8) is 0 Å². The minimum atomic E-state index is 0.714. The molecule has 64 valence electrons. The summed E-state index contributed by atoms with van der Waals surface area (Å²) in [6.45, 7) is 0. The van der Waals surface area contributed by atoms with Gasteiger partial charge in [0.2, 0.25) is 0 Å². The normalized spacial score (nSPS) is 9.85. The molecule has 0 saturated carbocycles. The van der Waals surface area contributed by atoms with Gasteiger partial charge in [0, 0.05) is 5.39 Å². The van der Waals surface area contributed by atoms with E-state index in [0.717, 1.165) is 15.8 Å². The summed E-state index contributed by atoms with van der Waals surface area (Å²) in [6.07, 6.45) is 0. The lowest BCUT2D eigenvalue weighted by Crippen LogP contribution is -1.83. The van der Waals surface area contributed by atoms with Crippen LogP contribution in [0.5, 0.6) is 5.75 Å². The number of hydrogen-bond donors (Lipinski definition) is 0. The maximum atomic E-state index is 8.83. The van der Waals surface area contributed by atoms with Crippen LogP contribution >= 0.6 is 11.3 Å². The van der Waals surface area contributed by atoms with Crippen molar-refractivity contribution in [2.24, 2.45) is 0 Å². The molecule has 0 atom stereocenters. The summed E-state index contributed by atoms with van der Waals surface area (Å²) in [4.78, 5) is 0. The number of nitriles is 1. The molecule has 2 aromatic rings. The number of hydrogen-bond acceptors (Lipinski definition) is 3. The summed E-state index contributed by atoms with van der Waals surface area (Å²) in [5.74, 6) is 0.829. The Morgan fingerprint density at radius 1 is 1.38 bits per heavy atom. The average Bonchev–Trinajstić information content (AvgIpc) is 2.64. The van der Waals surface area contributed by atoms with Gasteiger partial charge in [0.1, 0.15) is 11.8 Å². The van der Waals surface area contributed by atoms with Gasteiger partial charge in [-0.1, -0.05) is 0 Å². The Labute approximate surface area is 80.0 Å². The van der Waals surface area contributed by atoms with Crippen molar-refractivity contribution in [1.29, 1.82) is 5.26 Å². The molecule has 0 bridgehead atoms. The van der Waals surface area contributed by atoms with E-state index in [1.165, 1.54) is 0 Å². The summed E-state index contributed by atoms with van der Waals surface area (Å²) in [5, 5.41) is 11.8. The zero-order valence-electron chi connectivity index (χ0n) is 7.07. The highest BCUT2D eigenvalue weighted by atomic mass is 32.1. The third kappa shape index (κ3) is 1.16.